The highest BCUT2D eigenvalue weighted by atomic mass is 16.3. The molecule has 92 valence electrons. The highest BCUT2D eigenvalue weighted by molar-refractivity contribution is 5.56. The van der Waals surface area contributed by atoms with Crippen molar-refractivity contribution in [3.63, 3.8) is 0 Å². The highest BCUT2D eigenvalue weighted by Gasteiger charge is 2.31. The van der Waals surface area contributed by atoms with Crippen LogP contribution in [0.25, 0.3) is 0 Å². The maximum Gasteiger partial charge on any atom is 0.114 e. The van der Waals surface area contributed by atoms with Gasteiger partial charge in [0, 0.05) is 0 Å². The standard InChI is InChI=1S/C15H21NO/c1-4-10(2)13-6-5-7-14(15(13)16-17)11(3)12-8-9-12/h5-7,10-12H,4,8-9H2,1-3H3/t10?,11-/m0/s1. The van der Waals surface area contributed by atoms with Crippen LogP contribution in [0.2, 0.25) is 0 Å². The average molecular weight is 231 g/mol. The summed E-state index contributed by atoms with van der Waals surface area (Å²) >= 11 is 0. The van der Waals surface area contributed by atoms with Crippen LogP contribution in [0.1, 0.15) is 63.0 Å². The Morgan fingerprint density at radius 1 is 1.29 bits per heavy atom. The summed E-state index contributed by atoms with van der Waals surface area (Å²) in [6.07, 6.45) is 3.64. The molecule has 2 rings (SSSR count). The van der Waals surface area contributed by atoms with Gasteiger partial charge >= 0.3 is 0 Å². The van der Waals surface area contributed by atoms with Crippen LogP contribution in [-0.4, -0.2) is 0 Å². The zero-order valence-corrected chi connectivity index (χ0v) is 10.9. The molecule has 2 heteroatoms. The summed E-state index contributed by atoms with van der Waals surface area (Å²) < 4.78 is 0. The summed E-state index contributed by atoms with van der Waals surface area (Å²) in [5, 5.41) is 3.32. The van der Waals surface area contributed by atoms with Crippen LogP contribution in [0.15, 0.2) is 23.4 Å². The van der Waals surface area contributed by atoms with E-state index in [1.165, 1.54) is 12.8 Å². The maximum atomic E-state index is 11.2. The van der Waals surface area contributed by atoms with Crippen LogP contribution in [0.4, 0.5) is 5.69 Å². The van der Waals surface area contributed by atoms with E-state index in [4.69, 9.17) is 0 Å². The molecule has 0 aromatic heterocycles. The Bertz CT molecular complexity index is 409. The SMILES string of the molecule is CCC(C)c1cccc([C@@H](C)C2CC2)c1N=O. The van der Waals surface area contributed by atoms with Crippen LogP contribution in [-0.2, 0) is 0 Å². The summed E-state index contributed by atoms with van der Waals surface area (Å²) in [5.74, 6) is 1.66. The van der Waals surface area contributed by atoms with Crippen molar-refractivity contribution in [1.82, 2.24) is 0 Å². The summed E-state index contributed by atoms with van der Waals surface area (Å²) in [4.78, 5) is 11.2. The Labute approximate surface area is 103 Å². The molecule has 0 radical (unpaired) electrons. The second-order valence-electron chi connectivity index (χ2n) is 5.31. The first-order valence-electron chi connectivity index (χ1n) is 6.65. The Kier molecular flexibility index (Phi) is 3.60. The van der Waals surface area contributed by atoms with Gasteiger partial charge in [-0.05, 0) is 53.3 Å². The van der Waals surface area contributed by atoms with E-state index in [0.29, 0.717) is 17.5 Å². The van der Waals surface area contributed by atoms with Gasteiger partial charge in [-0.15, -0.1) is 4.91 Å². The molecular weight excluding hydrogens is 210 g/mol. The van der Waals surface area contributed by atoms with Gasteiger partial charge in [-0.1, -0.05) is 39.0 Å². The molecule has 0 bridgehead atoms. The van der Waals surface area contributed by atoms with Crippen LogP contribution in [0, 0.1) is 10.8 Å². The van der Waals surface area contributed by atoms with Gasteiger partial charge in [0.05, 0.1) is 0 Å². The topological polar surface area (TPSA) is 29.4 Å². The third kappa shape index (κ3) is 2.41. The van der Waals surface area contributed by atoms with Gasteiger partial charge in [-0.2, -0.15) is 0 Å². The van der Waals surface area contributed by atoms with E-state index < -0.39 is 0 Å². The summed E-state index contributed by atoms with van der Waals surface area (Å²) in [5.41, 5.74) is 2.98. The first-order valence-corrected chi connectivity index (χ1v) is 6.65. The number of hydrogen-bond acceptors (Lipinski definition) is 2. The summed E-state index contributed by atoms with van der Waals surface area (Å²) in [7, 11) is 0. The molecule has 1 aromatic carbocycles. The van der Waals surface area contributed by atoms with Gasteiger partial charge in [-0.25, -0.2) is 0 Å². The van der Waals surface area contributed by atoms with Gasteiger partial charge in [0.25, 0.3) is 0 Å². The quantitative estimate of drug-likeness (QED) is 0.647. The van der Waals surface area contributed by atoms with E-state index in [1.807, 2.05) is 6.07 Å². The van der Waals surface area contributed by atoms with Crippen LogP contribution < -0.4 is 0 Å². The first kappa shape index (κ1) is 12.3. The molecule has 1 unspecified atom stereocenters. The lowest BCUT2D eigenvalue weighted by molar-refractivity contribution is 0.660. The maximum absolute atomic E-state index is 11.2. The van der Waals surface area contributed by atoms with Crippen LogP contribution >= 0.6 is 0 Å². The number of nitroso groups, excluding NO2 is 1. The first-order chi connectivity index (χ1) is 8.19. The molecule has 2 nitrogen and oxygen atoms in total. The molecule has 0 aliphatic heterocycles. The second kappa shape index (κ2) is 4.99. The lowest BCUT2D eigenvalue weighted by Crippen LogP contribution is -2.00. The average Bonchev–Trinajstić information content (AvgIpc) is 3.20. The fourth-order valence-corrected chi connectivity index (χ4v) is 2.52. The molecule has 2 atom stereocenters. The minimum Gasteiger partial charge on any atom is -0.145 e. The molecule has 0 spiro atoms. The lowest BCUT2D eigenvalue weighted by Gasteiger charge is -2.17. The van der Waals surface area contributed by atoms with Crippen molar-refractivity contribution >= 4 is 5.69 Å². The largest absolute Gasteiger partial charge is 0.145 e. The summed E-state index contributed by atoms with van der Waals surface area (Å²) in [6, 6.07) is 6.20. The normalized spacial score (nSPS) is 18.8. The molecule has 1 saturated carbocycles. The number of hydrogen-bond donors (Lipinski definition) is 0. The Balaban J connectivity index is 2.40. The van der Waals surface area contributed by atoms with Crippen molar-refractivity contribution in [3.05, 3.63) is 34.2 Å². The third-order valence-electron chi connectivity index (χ3n) is 4.15. The van der Waals surface area contributed by atoms with Crippen LogP contribution in [0.3, 0.4) is 0 Å². The van der Waals surface area contributed by atoms with E-state index in [1.54, 1.807) is 0 Å². The van der Waals surface area contributed by atoms with Gasteiger partial charge in [0.2, 0.25) is 0 Å². The van der Waals surface area contributed by atoms with E-state index >= 15 is 0 Å². The molecule has 0 heterocycles. The Morgan fingerprint density at radius 2 is 1.94 bits per heavy atom. The second-order valence-corrected chi connectivity index (χ2v) is 5.31. The van der Waals surface area contributed by atoms with Crippen LogP contribution in [0.5, 0.6) is 0 Å². The zero-order chi connectivity index (χ0) is 12.4. The molecule has 0 amide bonds. The molecule has 1 aromatic rings. The molecular formula is C15H21NO. The van der Waals surface area contributed by atoms with Crippen molar-refractivity contribution in [3.8, 4) is 0 Å². The molecule has 0 saturated heterocycles. The van der Waals surface area contributed by atoms with Crippen molar-refractivity contribution < 1.29 is 0 Å². The fourth-order valence-electron chi connectivity index (χ4n) is 2.52. The molecule has 1 aliphatic carbocycles. The van der Waals surface area contributed by atoms with E-state index in [9.17, 15) is 4.91 Å². The minimum atomic E-state index is 0.411. The van der Waals surface area contributed by atoms with E-state index in [2.05, 4.69) is 38.1 Å². The Hall–Kier alpha value is -1.18. The lowest BCUT2D eigenvalue weighted by atomic mass is 9.88. The smallest absolute Gasteiger partial charge is 0.114 e. The van der Waals surface area contributed by atoms with Gasteiger partial charge in [0.15, 0.2) is 0 Å². The molecule has 1 aliphatic rings. The van der Waals surface area contributed by atoms with Gasteiger partial charge in [0.1, 0.15) is 5.69 Å². The highest BCUT2D eigenvalue weighted by Crippen LogP contribution is 2.46. The van der Waals surface area contributed by atoms with E-state index in [-0.39, 0.29) is 0 Å². The predicted molar refractivity (Wildman–Crippen MR) is 71.7 cm³/mol. The fraction of sp³-hybridized carbons (Fsp3) is 0.600. The monoisotopic (exact) mass is 231 g/mol. The predicted octanol–water partition coefficient (Wildman–Crippen LogP) is 5.11. The molecule has 17 heavy (non-hydrogen) atoms. The Morgan fingerprint density at radius 3 is 2.47 bits per heavy atom. The number of nitrogens with zero attached hydrogens (tertiary/aromatic N) is 1. The third-order valence-corrected chi connectivity index (χ3v) is 4.15. The van der Waals surface area contributed by atoms with Crippen molar-refractivity contribution in [2.75, 3.05) is 0 Å². The summed E-state index contributed by atoms with van der Waals surface area (Å²) in [6.45, 7) is 6.54. The van der Waals surface area contributed by atoms with E-state index in [0.717, 1.165) is 23.5 Å². The van der Waals surface area contributed by atoms with Gasteiger partial charge < -0.3 is 0 Å². The van der Waals surface area contributed by atoms with Gasteiger partial charge in [-0.3, -0.25) is 0 Å². The minimum absolute atomic E-state index is 0.411. The van der Waals surface area contributed by atoms with Crippen molar-refractivity contribution in [2.45, 2.75) is 51.9 Å². The molecule has 1 fully saturated rings. The number of rotatable bonds is 5. The zero-order valence-electron chi connectivity index (χ0n) is 10.9. The molecule has 0 N–H and O–H groups in total. The number of benzene rings is 1. The van der Waals surface area contributed by atoms with Crippen molar-refractivity contribution in [1.29, 1.82) is 0 Å². The van der Waals surface area contributed by atoms with Crippen molar-refractivity contribution in [2.24, 2.45) is 11.1 Å².